The molecule has 1 aliphatic carbocycles. The molecule has 0 bridgehead atoms. The highest BCUT2D eigenvalue weighted by Gasteiger charge is 2.39. The Morgan fingerprint density at radius 1 is 1.50 bits per heavy atom. The normalized spacial score (nSPS) is 24.0. The van der Waals surface area contributed by atoms with E-state index < -0.39 is 0 Å². The van der Waals surface area contributed by atoms with Gasteiger partial charge in [0.25, 0.3) is 0 Å². The van der Waals surface area contributed by atoms with Crippen molar-refractivity contribution < 1.29 is 9.84 Å². The fraction of sp³-hybridized carbons (Fsp3) is 1.00. The molecule has 14 heavy (non-hydrogen) atoms. The lowest BCUT2D eigenvalue weighted by molar-refractivity contribution is -0.106. The Kier molecular flexibility index (Phi) is 4.35. The van der Waals surface area contributed by atoms with Crippen LogP contribution in [-0.4, -0.2) is 30.5 Å². The van der Waals surface area contributed by atoms with Crippen LogP contribution in [0.4, 0.5) is 0 Å². The summed E-state index contributed by atoms with van der Waals surface area (Å²) < 4.78 is 5.48. The van der Waals surface area contributed by atoms with Crippen LogP contribution < -0.4 is 5.73 Å². The Morgan fingerprint density at radius 2 is 2.14 bits per heavy atom. The van der Waals surface area contributed by atoms with Gasteiger partial charge in [-0.3, -0.25) is 0 Å². The number of methoxy groups -OCH3 is 1. The second kappa shape index (κ2) is 5.10. The number of aliphatic hydroxyl groups excluding tert-OH is 1. The average molecular weight is 201 g/mol. The van der Waals surface area contributed by atoms with Crippen LogP contribution >= 0.6 is 0 Å². The molecule has 2 atom stereocenters. The molecule has 0 amide bonds. The predicted molar refractivity (Wildman–Crippen MR) is 57.1 cm³/mol. The maximum absolute atomic E-state index is 9.98. The van der Waals surface area contributed by atoms with Crippen molar-refractivity contribution in [2.24, 2.45) is 11.7 Å². The lowest BCUT2D eigenvalue weighted by Gasteiger charge is -2.42. The molecule has 0 aliphatic heterocycles. The molecule has 0 aromatic rings. The largest absolute Gasteiger partial charge is 0.393 e. The molecular formula is C11H23NO2. The molecule has 1 saturated carbocycles. The van der Waals surface area contributed by atoms with E-state index in [-0.39, 0.29) is 17.6 Å². The van der Waals surface area contributed by atoms with Crippen molar-refractivity contribution in [2.75, 3.05) is 13.7 Å². The van der Waals surface area contributed by atoms with Crippen LogP contribution in [0.15, 0.2) is 0 Å². The molecule has 3 N–H and O–H groups in total. The van der Waals surface area contributed by atoms with Crippen molar-refractivity contribution in [3.8, 4) is 0 Å². The molecule has 3 heteroatoms. The maximum atomic E-state index is 9.98. The van der Waals surface area contributed by atoms with Gasteiger partial charge < -0.3 is 15.6 Å². The monoisotopic (exact) mass is 201 g/mol. The first-order chi connectivity index (χ1) is 6.67. The Labute approximate surface area is 86.6 Å². The topological polar surface area (TPSA) is 55.5 Å². The van der Waals surface area contributed by atoms with Gasteiger partial charge >= 0.3 is 0 Å². The van der Waals surface area contributed by atoms with Crippen molar-refractivity contribution in [3.05, 3.63) is 0 Å². The summed E-state index contributed by atoms with van der Waals surface area (Å²) in [7, 11) is 1.75. The van der Waals surface area contributed by atoms with Crippen molar-refractivity contribution in [1.29, 1.82) is 0 Å². The summed E-state index contributed by atoms with van der Waals surface area (Å²) in [4.78, 5) is 0. The summed E-state index contributed by atoms with van der Waals surface area (Å²) in [6.45, 7) is 2.64. The smallest absolute Gasteiger partial charge is 0.0703 e. The Morgan fingerprint density at radius 3 is 2.43 bits per heavy atom. The van der Waals surface area contributed by atoms with Crippen LogP contribution in [0.1, 0.15) is 39.0 Å². The Bertz CT molecular complexity index is 159. The molecule has 1 fully saturated rings. The zero-order valence-corrected chi connectivity index (χ0v) is 9.33. The van der Waals surface area contributed by atoms with Crippen LogP contribution in [0.3, 0.4) is 0 Å². The molecule has 0 saturated heterocycles. The number of hydrogen-bond donors (Lipinski definition) is 2. The van der Waals surface area contributed by atoms with Crippen molar-refractivity contribution in [3.63, 3.8) is 0 Å². The van der Waals surface area contributed by atoms with Gasteiger partial charge in [0.05, 0.1) is 11.7 Å². The third kappa shape index (κ3) is 2.47. The van der Waals surface area contributed by atoms with Crippen molar-refractivity contribution in [1.82, 2.24) is 0 Å². The Hall–Kier alpha value is -0.120. The third-order valence-electron chi connectivity index (χ3n) is 3.65. The van der Waals surface area contributed by atoms with Gasteiger partial charge in [0, 0.05) is 13.5 Å². The van der Waals surface area contributed by atoms with Gasteiger partial charge in [-0.25, -0.2) is 0 Å². The lowest BCUT2D eigenvalue weighted by Crippen LogP contribution is -2.44. The summed E-state index contributed by atoms with van der Waals surface area (Å²) in [5.41, 5.74) is 5.56. The van der Waals surface area contributed by atoms with E-state index in [0.717, 1.165) is 25.7 Å². The molecule has 0 aromatic carbocycles. The quantitative estimate of drug-likeness (QED) is 0.681. The predicted octanol–water partition coefficient (Wildman–Crippen LogP) is 1.29. The molecule has 3 nitrogen and oxygen atoms in total. The van der Waals surface area contributed by atoms with Gasteiger partial charge in [-0.2, -0.15) is 0 Å². The first kappa shape index (κ1) is 12.0. The minimum Gasteiger partial charge on any atom is -0.393 e. The average Bonchev–Trinajstić information content (AvgIpc) is 2.13. The van der Waals surface area contributed by atoms with Gasteiger partial charge in [0.1, 0.15) is 0 Å². The van der Waals surface area contributed by atoms with Crippen LogP contribution in [0, 0.1) is 5.92 Å². The van der Waals surface area contributed by atoms with Gasteiger partial charge in [-0.05, 0) is 38.1 Å². The second-order valence-corrected chi connectivity index (χ2v) is 4.42. The second-order valence-electron chi connectivity index (χ2n) is 4.42. The van der Waals surface area contributed by atoms with Crippen LogP contribution in [0.25, 0.3) is 0 Å². The summed E-state index contributed by atoms with van der Waals surface area (Å²) in [5.74, 6) is 0.225. The molecule has 1 aliphatic rings. The van der Waals surface area contributed by atoms with Crippen LogP contribution in [0.5, 0.6) is 0 Å². The first-order valence-electron chi connectivity index (χ1n) is 5.60. The fourth-order valence-electron chi connectivity index (χ4n) is 2.21. The minimum atomic E-state index is -0.301. The molecule has 0 heterocycles. The van der Waals surface area contributed by atoms with Crippen LogP contribution in [0.2, 0.25) is 0 Å². The summed E-state index contributed by atoms with van der Waals surface area (Å²) >= 11 is 0. The van der Waals surface area contributed by atoms with E-state index in [1.165, 1.54) is 6.42 Å². The third-order valence-corrected chi connectivity index (χ3v) is 3.65. The number of ether oxygens (including phenoxy) is 1. The molecule has 0 spiro atoms. The zero-order valence-electron chi connectivity index (χ0n) is 9.33. The van der Waals surface area contributed by atoms with E-state index in [1.807, 2.05) is 0 Å². The van der Waals surface area contributed by atoms with E-state index >= 15 is 0 Å². The SMILES string of the molecule is CCC(CN)C(O)CC1(OC)CCC1. The van der Waals surface area contributed by atoms with Crippen molar-refractivity contribution in [2.45, 2.75) is 50.7 Å². The van der Waals surface area contributed by atoms with Crippen molar-refractivity contribution >= 4 is 0 Å². The Balaban J connectivity index is 2.41. The van der Waals surface area contributed by atoms with E-state index in [0.29, 0.717) is 6.54 Å². The summed E-state index contributed by atoms with van der Waals surface area (Å²) in [5, 5.41) is 9.98. The molecular weight excluding hydrogens is 178 g/mol. The van der Waals surface area contributed by atoms with Gasteiger partial charge in [-0.1, -0.05) is 6.92 Å². The minimum absolute atomic E-state index is 0.0397. The highest BCUT2D eigenvalue weighted by molar-refractivity contribution is 4.92. The van der Waals surface area contributed by atoms with E-state index in [4.69, 9.17) is 10.5 Å². The first-order valence-corrected chi connectivity index (χ1v) is 5.60. The fourth-order valence-corrected chi connectivity index (χ4v) is 2.21. The summed E-state index contributed by atoms with van der Waals surface area (Å²) in [6, 6.07) is 0. The maximum Gasteiger partial charge on any atom is 0.0703 e. The lowest BCUT2D eigenvalue weighted by atomic mass is 9.74. The van der Waals surface area contributed by atoms with Gasteiger partial charge in [0.15, 0.2) is 0 Å². The van der Waals surface area contributed by atoms with Gasteiger partial charge in [0.2, 0.25) is 0 Å². The number of rotatable bonds is 6. The molecule has 2 unspecified atom stereocenters. The number of nitrogens with two attached hydrogens (primary N) is 1. The molecule has 1 rings (SSSR count). The number of hydrogen-bond acceptors (Lipinski definition) is 3. The highest BCUT2D eigenvalue weighted by atomic mass is 16.5. The van der Waals surface area contributed by atoms with E-state index in [1.54, 1.807) is 7.11 Å². The molecule has 84 valence electrons. The van der Waals surface area contributed by atoms with E-state index in [9.17, 15) is 5.11 Å². The number of aliphatic hydroxyl groups is 1. The standard InChI is InChI=1S/C11H23NO2/c1-3-9(8-12)10(13)7-11(14-2)5-4-6-11/h9-10,13H,3-8,12H2,1-2H3. The van der Waals surface area contributed by atoms with E-state index in [2.05, 4.69) is 6.92 Å². The molecule has 0 radical (unpaired) electrons. The molecule has 0 aromatic heterocycles. The summed E-state index contributed by atoms with van der Waals surface area (Å²) in [6.07, 6.45) is 4.78. The zero-order chi connectivity index (χ0) is 10.6. The van der Waals surface area contributed by atoms with Gasteiger partial charge in [-0.15, -0.1) is 0 Å². The van der Waals surface area contributed by atoms with Crippen LogP contribution in [-0.2, 0) is 4.74 Å². The highest BCUT2D eigenvalue weighted by Crippen LogP contribution is 2.39.